The molecule has 11 heteroatoms. The minimum atomic E-state index is -0.497. The molecular formula is C19H16ClN5O4S. The lowest BCUT2D eigenvalue weighted by molar-refractivity contribution is -0.384. The SMILES string of the molecule is O=C(Cc1ccc([N+](=O)[O-])cc1)Nc1nnc(CCNC(=O)c2ccccc2Cl)s1. The van der Waals surface area contributed by atoms with E-state index < -0.39 is 4.92 Å². The van der Waals surface area contributed by atoms with E-state index in [-0.39, 0.29) is 23.9 Å². The smallest absolute Gasteiger partial charge is 0.269 e. The number of aromatic nitrogens is 2. The Bertz CT molecular complexity index is 1070. The maximum absolute atomic E-state index is 12.1. The van der Waals surface area contributed by atoms with Crippen molar-refractivity contribution in [2.45, 2.75) is 12.8 Å². The van der Waals surface area contributed by atoms with Gasteiger partial charge in [0, 0.05) is 25.1 Å². The number of nitro groups is 1. The van der Waals surface area contributed by atoms with Crippen LogP contribution in [0.25, 0.3) is 0 Å². The second kappa shape index (κ2) is 9.90. The summed E-state index contributed by atoms with van der Waals surface area (Å²) >= 11 is 7.20. The van der Waals surface area contributed by atoms with Crippen LogP contribution in [0.3, 0.4) is 0 Å². The van der Waals surface area contributed by atoms with Crippen molar-refractivity contribution in [1.29, 1.82) is 0 Å². The first-order chi connectivity index (χ1) is 14.4. The Morgan fingerprint density at radius 2 is 1.83 bits per heavy atom. The summed E-state index contributed by atoms with van der Waals surface area (Å²) in [6.45, 7) is 0.343. The van der Waals surface area contributed by atoms with Gasteiger partial charge in [-0.25, -0.2) is 0 Å². The van der Waals surface area contributed by atoms with E-state index in [2.05, 4.69) is 20.8 Å². The quantitative estimate of drug-likeness (QED) is 0.404. The third-order valence-corrected chi connectivity index (χ3v) is 5.20. The van der Waals surface area contributed by atoms with Crippen LogP contribution >= 0.6 is 22.9 Å². The zero-order chi connectivity index (χ0) is 21.5. The minimum Gasteiger partial charge on any atom is -0.352 e. The average Bonchev–Trinajstić information content (AvgIpc) is 3.15. The largest absolute Gasteiger partial charge is 0.352 e. The van der Waals surface area contributed by atoms with Crippen molar-refractivity contribution < 1.29 is 14.5 Å². The first-order valence-electron chi connectivity index (χ1n) is 8.80. The van der Waals surface area contributed by atoms with E-state index in [1.54, 1.807) is 24.3 Å². The van der Waals surface area contributed by atoms with Gasteiger partial charge < -0.3 is 10.6 Å². The van der Waals surface area contributed by atoms with Gasteiger partial charge in [0.1, 0.15) is 5.01 Å². The number of nitrogens with zero attached hydrogens (tertiary/aromatic N) is 3. The highest BCUT2D eigenvalue weighted by molar-refractivity contribution is 7.15. The first kappa shape index (κ1) is 21.3. The van der Waals surface area contributed by atoms with E-state index in [0.717, 1.165) is 0 Å². The highest BCUT2D eigenvalue weighted by atomic mass is 35.5. The van der Waals surface area contributed by atoms with Gasteiger partial charge in [-0.15, -0.1) is 10.2 Å². The van der Waals surface area contributed by atoms with Gasteiger partial charge >= 0.3 is 0 Å². The molecule has 0 aliphatic heterocycles. The summed E-state index contributed by atoms with van der Waals surface area (Å²) in [7, 11) is 0. The van der Waals surface area contributed by atoms with Crippen molar-refractivity contribution in [1.82, 2.24) is 15.5 Å². The van der Waals surface area contributed by atoms with Crippen molar-refractivity contribution in [3.8, 4) is 0 Å². The van der Waals surface area contributed by atoms with Crippen LogP contribution in [0, 0.1) is 10.1 Å². The zero-order valence-electron chi connectivity index (χ0n) is 15.5. The molecule has 0 spiro atoms. The molecule has 30 heavy (non-hydrogen) atoms. The molecule has 0 radical (unpaired) electrons. The maximum Gasteiger partial charge on any atom is 0.269 e. The third-order valence-electron chi connectivity index (χ3n) is 3.97. The molecule has 0 saturated carbocycles. The van der Waals surface area contributed by atoms with Gasteiger partial charge in [-0.3, -0.25) is 19.7 Å². The summed E-state index contributed by atoms with van der Waals surface area (Å²) in [5, 5.41) is 25.4. The number of nitro benzene ring substituents is 1. The van der Waals surface area contributed by atoms with E-state index in [1.165, 1.54) is 35.6 Å². The molecule has 0 aliphatic carbocycles. The second-order valence-electron chi connectivity index (χ2n) is 6.14. The second-order valence-corrected chi connectivity index (χ2v) is 7.60. The number of carbonyl (C=O) groups excluding carboxylic acids is 2. The number of halogens is 1. The molecule has 2 amide bonds. The van der Waals surface area contributed by atoms with Crippen LogP contribution in [0.15, 0.2) is 48.5 Å². The first-order valence-corrected chi connectivity index (χ1v) is 10.00. The van der Waals surface area contributed by atoms with Gasteiger partial charge in [0.25, 0.3) is 11.6 Å². The fourth-order valence-corrected chi connectivity index (χ4v) is 3.49. The number of carbonyl (C=O) groups is 2. The van der Waals surface area contributed by atoms with Crippen LogP contribution < -0.4 is 10.6 Å². The van der Waals surface area contributed by atoms with E-state index in [1.807, 2.05) is 0 Å². The lowest BCUT2D eigenvalue weighted by atomic mass is 10.1. The lowest BCUT2D eigenvalue weighted by Crippen LogP contribution is -2.25. The molecule has 0 unspecified atom stereocenters. The minimum absolute atomic E-state index is 0.0328. The Kier molecular flexibility index (Phi) is 7.04. The summed E-state index contributed by atoms with van der Waals surface area (Å²) < 4.78 is 0. The Labute approximate surface area is 180 Å². The zero-order valence-corrected chi connectivity index (χ0v) is 17.1. The molecule has 0 saturated heterocycles. The van der Waals surface area contributed by atoms with Crippen LogP contribution in [-0.2, 0) is 17.6 Å². The number of non-ortho nitro benzene ring substituents is 1. The topological polar surface area (TPSA) is 127 Å². The lowest BCUT2D eigenvalue weighted by Gasteiger charge is -2.05. The fraction of sp³-hybridized carbons (Fsp3) is 0.158. The van der Waals surface area contributed by atoms with Gasteiger partial charge in [-0.2, -0.15) is 0 Å². The van der Waals surface area contributed by atoms with Crippen LogP contribution in [0.4, 0.5) is 10.8 Å². The molecule has 2 aromatic carbocycles. The van der Waals surface area contributed by atoms with Crippen molar-refractivity contribution in [2.75, 3.05) is 11.9 Å². The Morgan fingerprint density at radius 1 is 1.10 bits per heavy atom. The van der Waals surface area contributed by atoms with Gasteiger partial charge in [0.2, 0.25) is 11.0 Å². The number of amides is 2. The molecule has 3 rings (SSSR count). The molecule has 154 valence electrons. The molecule has 1 heterocycles. The van der Waals surface area contributed by atoms with Crippen molar-refractivity contribution >= 4 is 45.6 Å². The molecule has 9 nitrogen and oxygen atoms in total. The van der Waals surface area contributed by atoms with Crippen LogP contribution in [0.5, 0.6) is 0 Å². The normalized spacial score (nSPS) is 10.4. The molecule has 2 N–H and O–H groups in total. The van der Waals surface area contributed by atoms with Gasteiger partial charge in [0.15, 0.2) is 0 Å². The van der Waals surface area contributed by atoms with Gasteiger partial charge in [0.05, 0.1) is 21.9 Å². The number of hydrogen-bond donors (Lipinski definition) is 2. The Hall–Kier alpha value is -3.37. The number of benzene rings is 2. The summed E-state index contributed by atoms with van der Waals surface area (Å²) in [5.41, 5.74) is 1.01. The number of hydrogen-bond acceptors (Lipinski definition) is 7. The maximum atomic E-state index is 12.1. The third kappa shape index (κ3) is 5.82. The molecule has 0 atom stereocenters. The summed E-state index contributed by atoms with van der Waals surface area (Å²) in [4.78, 5) is 34.4. The van der Waals surface area contributed by atoms with E-state index >= 15 is 0 Å². The number of nitrogens with one attached hydrogen (secondary N) is 2. The monoisotopic (exact) mass is 445 g/mol. The predicted octanol–water partition coefficient (Wildman–Crippen LogP) is 3.25. The molecule has 0 fully saturated rings. The molecule has 3 aromatic rings. The molecule has 0 aliphatic rings. The predicted molar refractivity (Wildman–Crippen MR) is 113 cm³/mol. The van der Waals surface area contributed by atoms with Gasteiger partial charge in [-0.05, 0) is 17.7 Å². The Morgan fingerprint density at radius 3 is 2.53 bits per heavy atom. The van der Waals surface area contributed by atoms with Crippen molar-refractivity contribution in [3.63, 3.8) is 0 Å². The molecule has 1 aromatic heterocycles. The van der Waals surface area contributed by atoms with Crippen LogP contribution in [0.1, 0.15) is 20.9 Å². The van der Waals surface area contributed by atoms with E-state index in [0.29, 0.717) is 39.3 Å². The fourth-order valence-electron chi connectivity index (χ4n) is 2.51. The molecule has 0 bridgehead atoms. The van der Waals surface area contributed by atoms with Gasteiger partial charge in [-0.1, -0.05) is 47.2 Å². The van der Waals surface area contributed by atoms with E-state index in [9.17, 15) is 19.7 Å². The highest BCUT2D eigenvalue weighted by Crippen LogP contribution is 2.18. The van der Waals surface area contributed by atoms with E-state index in [4.69, 9.17) is 11.6 Å². The Balaban J connectivity index is 1.46. The summed E-state index contributed by atoms with van der Waals surface area (Å²) in [6.07, 6.45) is 0.507. The average molecular weight is 446 g/mol. The summed E-state index contributed by atoms with van der Waals surface area (Å²) in [5.74, 6) is -0.583. The standard InChI is InChI=1S/C19H16ClN5O4S/c20-15-4-2-1-3-14(15)18(27)21-10-9-17-23-24-19(30-17)22-16(26)11-12-5-7-13(8-6-12)25(28)29/h1-8H,9-11H2,(H,21,27)(H,22,24,26). The van der Waals surface area contributed by atoms with Crippen LogP contribution in [-0.4, -0.2) is 33.5 Å². The molecular weight excluding hydrogens is 430 g/mol. The highest BCUT2D eigenvalue weighted by Gasteiger charge is 2.12. The van der Waals surface area contributed by atoms with Crippen molar-refractivity contribution in [2.24, 2.45) is 0 Å². The summed E-state index contributed by atoms with van der Waals surface area (Å²) in [6, 6.07) is 12.5. The number of rotatable bonds is 8. The van der Waals surface area contributed by atoms with Crippen molar-refractivity contribution in [3.05, 3.63) is 79.8 Å². The number of anilines is 1. The van der Waals surface area contributed by atoms with Crippen LogP contribution in [0.2, 0.25) is 5.02 Å².